The average Bonchev–Trinajstić information content (AvgIpc) is 3.68. The van der Waals surface area contributed by atoms with Gasteiger partial charge in [-0.1, -0.05) is 48.5 Å². The Morgan fingerprint density at radius 2 is 1.70 bits per heavy atom. The molecule has 0 saturated heterocycles. The first kappa shape index (κ1) is 26.7. The van der Waals surface area contributed by atoms with Gasteiger partial charge in [-0.3, -0.25) is 4.79 Å². The van der Waals surface area contributed by atoms with Crippen LogP contribution in [0.1, 0.15) is 29.0 Å². The van der Waals surface area contributed by atoms with Crippen molar-refractivity contribution < 1.29 is 35.3 Å². The molecule has 1 fully saturated rings. The highest BCUT2D eigenvalue weighted by atomic mass is 32.2. The minimum absolute atomic E-state index is 0.0263. The lowest BCUT2D eigenvalue weighted by Crippen LogP contribution is -2.34. The van der Waals surface area contributed by atoms with Crippen LogP contribution in [-0.4, -0.2) is 39.5 Å². The molecule has 0 spiro atoms. The van der Waals surface area contributed by atoms with E-state index in [-0.39, 0.29) is 23.5 Å². The van der Waals surface area contributed by atoms with Gasteiger partial charge in [0.05, 0.1) is 12.2 Å². The number of hydrogen-bond acceptors (Lipinski definition) is 5. The molecule has 0 radical (unpaired) electrons. The van der Waals surface area contributed by atoms with Gasteiger partial charge in [-0.15, -0.1) is 0 Å². The molecule has 1 saturated carbocycles. The van der Waals surface area contributed by atoms with Crippen LogP contribution >= 0.6 is 0 Å². The second kappa shape index (κ2) is 10.9. The molecular weight excluding hydrogens is 507 g/mol. The van der Waals surface area contributed by atoms with Crippen LogP contribution < -0.4 is 4.18 Å². The highest BCUT2D eigenvalue weighted by molar-refractivity contribution is 7.87. The van der Waals surface area contributed by atoms with E-state index in [0.29, 0.717) is 25.8 Å². The van der Waals surface area contributed by atoms with Gasteiger partial charge in [0.1, 0.15) is 10.6 Å². The number of carbonyl (C=O) groups excluding carboxylic acids is 1. The summed E-state index contributed by atoms with van der Waals surface area (Å²) in [6.45, 7) is 1.06. The molecule has 3 aromatic carbocycles. The number of hydrogen-bond donors (Lipinski definition) is 0. The minimum Gasteiger partial charge on any atom is -0.383 e. The largest absolute Gasteiger partial charge is 0.416 e. The molecule has 4 rings (SSSR count). The minimum atomic E-state index is -4.68. The monoisotopic (exact) mass is 533 g/mol. The number of benzene rings is 3. The number of methoxy groups -OCH3 is 1. The van der Waals surface area contributed by atoms with E-state index in [2.05, 4.69) is 0 Å². The maximum absolute atomic E-state index is 13.2. The van der Waals surface area contributed by atoms with Gasteiger partial charge in [-0.2, -0.15) is 21.6 Å². The molecule has 0 heterocycles. The van der Waals surface area contributed by atoms with Crippen LogP contribution in [0.25, 0.3) is 0 Å². The molecular formula is C27H26F3NO5S. The number of carbonyl (C=O) groups is 1. The molecule has 2 unspecified atom stereocenters. The Morgan fingerprint density at radius 3 is 2.35 bits per heavy atom. The van der Waals surface area contributed by atoms with Crippen molar-refractivity contribution >= 4 is 16.0 Å². The molecule has 3 aromatic rings. The van der Waals surface area contributed by atoms with Crippen LogP contribution in [0.15, 0.2) is 83.8 Å². The zero-order valence-electron chi connectivity index (χ0n) is 20.0. The standard InChI is InChI=1S/C27H26F3NO5S/c1-35-15-14-31(26(32)25-17-24(25)20-6-3-2-4-7-20)18-19-10-12-22(13-11-19)36-37(33,34)23-9-5-8-21(16-23)27(28,29)30/h2-13,16,24-25H,14-15,17-18H2,1H3. The van der Waals surface area contributed by atoms with Crippen LogP contribution in [0, 0.1) is 5.92 Å². The third-order valence-electron chi connectivity index (χ3n) is 6.17. The van der Waals surface area contributed by atoms with E-state index in [4.69, 9.17) is 8.92 Å². The molecule has 1 amide bonds. The van der Waals surface area contributed by atoms with Crippen molar-refractivity contribution in [2.45, 2.75) is 30.0 Å². The Balaban J connectivity index is 1.43. The fourth-order valence-electron chi connectivity index (χ4n) is 4.11. The lowest BCUT2D eigenvalue weighted by atomic mass is 10.1. The fourth-order valence-corrected chi connectivity index (χ4v) is 5.09. The van der Waals surface area contributed by atoms with Gasteiger partial charge in [-0.05, 0) is 53.8 Å². The van der Waals surface area contributed by atoms with Crippen LogP contribution in [-0.2, 0) is 32.4 Å². The first-order chi connectivity index (χ1) is 17.6. The normalized spacial score (nSPS) is 17.3. The second-order valence-corrected chi connectivity index (χ2v) is 10.4. The molecule has 2 atom stereocenters. The fraction of sp³-hybridized carbons (Fsp3) is 0.296. The maximum atomic E-state index is 13.2. The molecule has 0 bridgehead atoms. The van der Waals surface area contributed by atoms with Crippen LogP contribution in [0.4, 0.5) is 13.2 Å². The number of amides is 1. The number of alkyl halides is 3. The topological polar surface area (TPSA) is 72.9 Å². The first-order valence-corrected chi connectivity index (χ1v) is 13.0. The van der Waals surface area contributed by atoms with E-state index >= 15 is 0 Å². The summed E-state index contributed by atoms with van der Waals surface area (Å²) in [5, 5.41) is 0. The van der Waals surface area contributed by atoms with Crippen LogP contribution in [0.2, 0.25) is 0 Å². The summed E-state index contributed by atoms with van der Waals surface area (Å²) >= 11 is 0. The summed E-state index contributed by atoms with van der Waals surface area (Å²) in [5.74, 6) is 0.0654. The Morgan fingerprint density at radius 1 is 1.00 bits per heavy atom. The number of ether oxygens (including phenoxy) is 1. The number of nitrogens with zero attached hydrogens (tertiary/aromatic N) is 1. The van der Waals surface area contributed by atoms with E-state index in [1.807, 2.05) is 30.3 Å². The smallest absolute Gasteiger partial charge is 0.383 e. The third-order valence-corrected chi connectivity index (χ3v) is 7.41. The lowest BCUT2D eigenvalue weighted by Gasteiger charge is -2.23. The molecule has 37 heavy (non-hydrogen) atoms. The van der Waals surface area contributed by atoms with Crippen LogP contribution in [0.5, 0.6) is 5.75 Å². The van der Waals surface area contributed by atoms with E-state index in [1.165, 1.54) is 12.1 Å². The summed E-state index contributed by atoms with van der Waals surface area (Å²) in [5.41, 5.74) is 0.791. The van der Waals surface area contributed by atoms with Gasteiger partial charge in [0, 0.05) is 26.1 Å². The van der Waals surface area contributed by atoms with E-state index in [0.717, 1.165) is 35.7 Å². The molecule has 0 N–H and O–H groups in total. The maximum Gasteiger partial charge on any atom is 0.416 e. The zero-order valence-corrected chi connectivity index (χ0v) is 20.8. The number of rotatable bonds is 10. The zero-order chi connectivity index (χ0) is 26.6. The van der Waals surface area contributed by atoms with Crippen LogP contribution in [0.3, 0.4) is 0 Å². The quantitative estimate of drug-likeness (QED) is 0.333. The molecule has 10 heteroatoms. The van der Waals surface area contributed by atoms with Crippen molar-refractivity contribution in [1.29, 1.82) is 0 Å². The van der Waals surface area contributed by atoms with Crippen molar-refractivity contribution in [3.05, 3.63) is 95.6 Å². The van der Waals surface area contributed by atoms with Gasteiger partial charge in [0.25, 0.3) is 0 Å². The Hall–Kier alpha value is -3.37. The summed E-state index contributed by atoms with van der Waals surface area (Å²) in [6, 6.07) is 19.3. The van der Waals surface area contributed by atoms with Gasteiger partial charge in [0.15, 0.2) is 0 Å². The van der Waals surface area contributed by atoms with Gasteiger partial charge >= 0.3 is 16.3 Å². The second-order valence-electron chi connectivity index (χ2n) is 8.82. The van der Waals surface area contributed by atoms with E-state index < -0.39 is 26.8 Å². The Kier molecular flexibility index (Phi) is 7.89. The summed E-state index contributed by atoms with van der Waals surface area (Å²) in [6.07, 6.45) is -3.90. The van der Waals surface area contributed by atoms with Crippen molar-refractivity contribution in [1.82, 2.24) is 4.90 Å². The highest BCUT2D eigenvalue weighted by Crippen LogP contribution is 2.48. The third kappa shape index (κ3) is 6.69. The predicted octanol–water partition coefficient (Wildman–Crippen LogP) is 5.25. The van der Waals surface area contributed by atoms with Gasteiger partial charge < -0.3 is 13.8 Å². The van der Waals surface area contributed by atoms with Crippen molar-refractivity contribution in [3.63, 3.8) is 0 Å². The molecule has 0 aliphatic heterocycles. The highest BCUT2D eigenvalue weighted by Gasteiger charge is 2.45. The van der Waals surface area contributed by atoms with Gasteiger partial charge in [0.2, 0.25) is 5.91 Å². The predicted molar refractivity (Wildman–Crippen MR) is 130 cm³/mol. The number of halogens is 3. The van der Waals surface area contributed by atoms with E-state index in [9.17, 15) is 26.4 Å². The Bertz CT molecular complexity index is 1330. The molecule has 0 aromatic heterocycles. The molecule has 1 aliphatic carbocycles. The van der Waals surface area contributed by atoms with Crippen molar-refractivity contribution in [2.24, 2.45) is 5.92 Å². The Labute approximate surface area is 213 Å². The SMILES string of the molecule is COCCN(Cc1ccc(OS(=O)(=O)c2cccc(C(F)(F)F)c2)cc1)C(=O)C1CC1c1ccccc1. The summed E-state index contributed by atoms with van der Waals surface area (Å²) in [4.78, 5) is 14.3. The summed E-state index contributed by atoms with van der Waals surface area (Å²) in [7, 11) is -2.91. The molecule has 196 valence electrons. The van der Waals surface area contributed by atoms with Crippen molar-refractivity contribution in [2.75, 3.05) is 20.3 Å². The average molecular weight is 534 g/mol. The molecule has 6 nitrogen and oxygen atoms in total. The van der Waals surface area contributed by atoms with Crippen molar-refractivity contribution in [3.8, 4) is 5.75 Å². The summed E-state index contributed by atoms with van der Waals surface area (Å²) < 4.78 is 74.1. The lowest BCUT2D eigenvalue weighted by molar-refractivity contribution is -0.137. The molecule has 1 aliphatic rings. The van der Waals surface area contributed by atoms with Gasteiger partial charge in [-0.25, -0.2) is 0 Å². The first-order valence-electron chi connectivity index (χ1n) is 11.6. The van der Waals surface area contributed by atoms with E-state index in [1.54, 1.807) is 24.1 Å².